The van der Waals surface area contributed by atoms with Gasteiger partial charge in [-0.15, -0.1) is 11.3 Å². The van der Waals surface area contributed by atoms with Gasteiger partial charge in [0.2, 0.25) is 0 Å². The number of nitrogens with zero attached hydrogens (tertiary/aromatic N) is 2. The van der Waals surface area contributed by atoms with Crippen LogP contribution in [0.5, 0.6) is 0 Å². The Labute approximate surface area is 147 Å². The average molecular weight is 344 g/mol. The Balaban J connectivity index is 1.43. The summed E-state index contributed by atoms with van der Waals surface area (Å²) in [6.45, 7) is 4.43. The number of thiazole rings is 1. The summed E-state index contributed by atoms with van der Waals surface area (Å²) in [7, 11) is 0. The quantitative estimate of drug-likeness (QED) is 0.832. The number of aromatic nitrogens is 1. The van der Waals surface area contributed by atoms with E-state index < -0.39 is 0 Å². The summed E-state index contributed by atoms with van der Waals surface area (Å²) >= 11 is 1.73. The van der Waals surface area contributed by atoms with E-state index in [4.69, 9.17) is 9.47 Å². The summed E-state index contributed by atoms with van der Waals surface area (Å²) in [5, 5.41) is 3.23. The average Bonchev–Trinajstić information content (AvgIpc) is 3.29. The van der Waals surface area contributed by atoms with Crippen LogP contribution in [0.15, 0.2) is 41.9 Å². The van der Waals surface area contributed by atoms with E-state index in [0.29, 0.717) is 6.61 Å². The zero-order chi connectivity index (χ0) is 16.2. The molecule has 2 aliphatic heterocycles. The largest absolute Gasteiger partial charge is 0.372 e. The first-order valence-electron chi connectivity index (χ1n) is 8.74. The highest BCUT2D eigenvalue weighted by Crippen LogP contribution is 2.38. The molecular weight excluding hydrogens is 320 g/mol. The predicted molar refractivity (Wildman–Crippen MR) is 94.9 cm³/mol. The van der Waals surface area contributed by atoms with E-state index >= 15 is 0 Å². The molecule has 3 heterocycles. The van der Waals surface area contributed by atoms with Gasteiger partial charge in [0, 0.05) is 31.3 Å². The van der Waals surface area contributed by atoms with E-state index in [1.165, 1.54) is 10.6 Å². The number of benzene rings is 1. The van der Waals surface area contributed by atoms with Gasteiger partial charge in [-0.3, -0.25) is 4.90 Å². The van der Waals surface area contributed by atoms with E-state index in [2.05, 4.69) is 34.1 Å². The molecule has 128 valence electrons. The van der Waals surface area contributed by atoms with Gasteiger partial charge in [-0.05, 0) is 24.8 Å². The Morgan fingerprint density at radius 3 is 2.96 bits per heavy atom. The number of rotatable bonds is 5. The monoisotopic (exact) mass is 344 g/mol. The van der Waals surface area contributed by atoms with Gasteiger partial charge in [0.05, 0.1) is 24.9 Å². The second kappa shape index (κ2) is 7.31. The molecule has 0 radical (unpaired) electrons. The molecular formula is C19H24N2O2S. The molecule has 2 saturated heterocycles. The Kier molecular flexibility index (Phi) is 4.94. The Morgan fingerprint density at radius 1 is 1.29 bits per heavy atom. The van der Waals surface area contributed by atoms with Crippen LogP contribution >= 0.6 is 11.3 Å². The van der Waals surface area contributed by atoms with E-state index in [1.54, 1.807) is 11.3 Å². The van der Waals surface area contributed by atoms with Gasteiger partial charge in [0.25, 0.3) is 0 Å². The van der Waals surface area contributed by atoms with Crippen molar-refractivity contribution in [2.45, 2.75) is 44.1 Å². The minimum Gasteiger partial charge on any atom is -0.372 e. The Hall–Kier alpha value is -1.27. The van der Waals surface area contributed by atoms with Crippen molar-refractivity contribution in [1.82, 2.24) is 9.88 Å². The summed E-state index contributed by atoms with van der Waals surface area (Å²) in [4.78, 5) is 6.88. The molecule has 5 heteroatoms. The van der Waals surface area contributed by atoms with Crippen molar-refractivity contribution in [1.29, 1.82) is 0 Å². The van der Waals surface area contributed by atoms with Crippen LogP contribution in [0.3, 0.4) is 0 Å². The topological polar surface area (TPSA) is 34.6 Å². The van der Waals surface area contributed by atoms with Gasteiger partial charge in [-0.1, -0.05) is 30.3 Å². The number of ether oxygens (including phenoxy) is 2. The molecule has 1 aromatic carbocycles. The van der Waals surface area contributed by atoms with E-state index in [9.17, 15) is 0 Å². The summed E-state index contributed by atoms with van der Waals surface area (Å²) in [6, 6.07) is 10.4. The third-order valence-corrected chi connectivity index (χ3v) is 5.90. The Morgan fingerprint density at radius 2 is 2.21 bits per heavy atom. The van der Waals surface area contributed by atoms with Gasteiger partial charge in [0.1, 0.15) is 5.01 Å². The SMILES string of the molecule is c1ccc(CO[C@H]2CN(Cc3nccs3)CC[C@@]23CCCO3)cc1. The molecule has 1 spiro atoms. The van der Waals surface area contributed by atoms with Crippen molar-refractivity contribution in [3.8, 4) is 0 Å². The Bertz CT molecular complexity index is 626. The lowest BCUT2D eigenvalue weighted by atomic mass is 9.85. The van der Waals surface area contributed by atoms with Gasteiger partial charge < -0.3 is 9.47 Å². The van der Waals surface area contributed by atoms with Gasteiger partial charge >= 0.3 is 0 Å². The van der Waals surface area contributed by atoms with Crippen molar-refractivity contribution < 1.29 is 9.47 Å². The molecule has 2 aromatic rings. The lowest BCUT2D eigenvalue weighted by molar-refractivity contribution is -0.159. The fourth-order valence-corrected chi connectivity index (χ4v) is 4.47. The fraction of sp³-hybridized carbons (Fsp3) is 0.526. The molecule has 1 aromatic heterocycles. The summed E-state index contributed by atoms with van der Waals surface area (Å²) in [5.41, 5.74) is 1.15. The highest BCUT2D eigenvalue weighted by atomic mass is 32.1. The first-order valence-corrected chi connectivity index (χ1v) is 9.62. The van der Waals surface area contributed by atoms with Gasteiger partial charge in [-0.25, -0.2) is 4.98 Å². The summed E-state index contributed by atoms with van der Waals surface area (Å²) in [5.74, 6) is 0. The molecule has 0 aliphatic carbocycles. The van der Waals surface area contributed by atoms with E-state index in [0.717, 1.165) is 45.5 Å². The lowest BCUT2D eigenvalue weighted by Crippen LogP contribution is -2.55. The normalized spacial score (nSPS) is 27.8. The summed E-state index contributed by atoms with van der Waals surface area (Å²) < 4.78 is 12.6. The maximum Gasteiger partial charge on any atom is 0.107 e. The van der Waals surface area contributed by atoms with Crippen molar-refractivity contribution in [3.63, 3.8) is 0 Å². The van der Waals surface area contributed by atoms with Crippen LogP contribution in [0.25, 0.3) is 0 Å². The maximum atomic E-state index is 6.37. The van der Waals surface area contributed by atoms with Crippen LogP contribution in [-0.2, 0) is 22.6 Å². The van der Waals surface area contributed by atoms with Crippen LogP contribution in [-0.4, -0.2) is 41.3 Å². The minimum absolute atomic E-state index is 0.0752. The van der Waals surface area contributed by atoms with Crippen LogP contribution in [0.1, 0.15) is 29.8 Å². The fourth-order valence-electron chi connectivity index (χ4n) is 3.81. The number of piperidine rings is 1. The smallest absolute Gasteiger partial charge is 0.107 e. The molecule has 0 N–H and O–H groups in total. The third kappa shape index (κ3) is 3.54. The highest BCUT2D eigenvalue weighted by molar-refractivity contribution is 7.09. The van der Waals surface area contributed by atoms with Crippen molar-refractivity contribution in [2.75, 3.05) is 19.7 Å². The van der Waals surface area contributed by atoms with Gasteiger partial charge in [-0.2, -0.15) is 0 Å². The van der Waals surface area contributed by atoms with Crippen LogP contribution < -0.4 is 0 Å². The second-order valence-electron chi connectivity index (χ2n) is 6.71. The standard InChI is InChI=1S/C19H24N2O2S/c1-2-5-16(6-3-1)15-22-17-13-21(14-18-20-9-12-24-18)10-8-19(17)7-4-11-23-19/h1-3,5-6,9,12,17H,4,7-8,10-11,13-15H2/t17-,19-/m0/s1. The van der Waals surface area contributed by atoms with Crippen molar-refractivity contribution in [2.24, 2.45) is 0 Å². The molecule has 4 nitrogen and oxygen atoms in total. The molecule has 0 bridgehead atoms. The van der Waals surface area contributed by atoms with Crippen molar-refractivity contribution >= 4 is 11.3 Å². The highest BCUT2D eigenvalue weighted by Gasteiger charge is 2.47. The molecule has 2 aliphatic rings. The van der Waals surface area contributed by atoms with Crippen molar-refractivity contribution in [3.05, 3.63) is 52.5 Å². The van der Waals surface area contributed by atoms with Crippen LogP contribution in [0, 0.1) is 0 Å². The van der Waals surface area contributed by atoms with Crippen LogP contribution in [0.4, 0.5) is 0 Å². The molecule has 0 unspecified atom stereocenters. The number of hydrogen-bond donors (Lipinski definition) is 0. The van der Waals surface area contributed by atoms with E-state index in [-0.39, 0.29) is 11.7 Å². The number of likely N-dealkylation sites (tertiary alicyclic amines) is 1. The van der Waals surface area contributed by atoms with E-state index in [1.807, 2.05) is 17.6 Å². The molecule has 24 heavy (non-hydrogen) atoms. The zero-order valence-electron chi connectivity index (χ0n) is 13.9. The first kappa shape index (κ1) is 16.2. The zero-order valence-corrected chi connectivity index (χ0v) is 14.7. The molecule has 0 saturated carbocycles. The minimum atomic E-state index is -0.0752. The molecule has 0 amide bonds. The third-order valence-electron chi connectivity index (χ3n) is 5.13. The first-order chi connectivity index (χ1) is 11.8. The maximum absolute atomic E-state index is 6.37. The van der Waals surface area contributed by atoms with Crippen LogP contribution in [0.2, 0.25) is 0 Å². The number of hydrogen-bond acceptors (Lipinski definition) is 5. The molecule has 4 rings (SSSR count). The summed E-state index contributed by atoms with van der Waals surface area (Å²) in [6.07, 6.45) is 5.34. The van der Waals surface area contributed by atoms with Gasteiger partial charge in [0.15, 0.2) is 0 Å². The molecule has 2 fully saturated rings. The lowest BCUT2D eigenvalue weighted by Gasteiger charge is -2.44. The second-order valence-corrected chi connectivity index (χ2v) is 7.69. The predicted octanol–water partition coefficient (Wildman–Crippen LogP) is 3.48. The molecule has 2 atom stereocenters.